The number of carbonyl (C=O) groups is 3. The lowest BCUT2D eigenvalue weighted by molar-refractivity contribution is -0.122. The van der Waals surface area contributed by atoms with E-state index < -0.39 is 17.8 Å². The lowest BCUT2D eigenvalue weighted by atomic mass is 10.0. The molecular weight excluding hydrogens is 515 g/mol. The summed E-state index contributed by atoms with van der Waals surface area (Å²) in [6.45, 7) is 6.08. The van der Waals surface area contributed by atoms with E-state index in [-0.39, 0.29) is 12.2 Å². The van der Waals surface area contributed by atoms with Gasteiger partial charge in [-0.25, -0.2) is 9.69 Å². The van der Waals surface area contributed by atoms with Gasteiger partial charge in [0, 0.05) is 0 Å². The van der Waals surface area contributed by atoms with Gasteiger partial charge in [-0.1, -0.05) is 47.5 Å². The zero-order chi connectivity index (χ0) is 26.7. The van der Waals surface area contributed by atoms with Crippen LogP contribution in [0.5, 0.6) is 11.5 Å². The Labute approximate surface area is 224 Å². The van der Waals surface area contributed by atoms with E-state index in [1.165, 1.54) is 6.08 Å². The lowest BCUT2D eigenvalue weighted by Crippen LogP contribution is -2.54. The number of hydrogen-bond acceptors (Lipinski definition) is 5. The lowest BCUT2D eigenvalue weighted by Gasteiger charge is -2.27. The summed E-state index contributed by atoms with van der Waals surface area (Å²) in [6, 6.07) is 14.9. The molecule has 3 aromatic rings. The van der Waals surface area contributed by atoms with Crippen LogP contribution in [0.1, 0.15) is 29.2 Å². The number of rotatable bonds is 7. The van der Waals surface area contributed by atoms with Crippen LogP contribution in [0.2, 0.25) is 10.0 Å². The summed E-state index contributed by atoms with van der Waals surface area (Å²) in [6.07, 6.45) is 1.42. The number of urea groups is 1. The minimum absolute atomic E-state index is 0.174. The molecule has 9 heteroatoms. The number of anilines is 1. The Morgan fingerprint density at radius 2 is 1.68 bits per heavy atom. The Morgan fingerprint density at radius 1 is 0.892 bits per heavy atom. The number of amides is 4. The minimum Gasteiger partial charge on any atom is -0.490 e. The summed E-state index contributed by atoms with van der Waals surface area (Å²) in [5.74, 6) is -0.570. The molecule has 1 aliphatic rings. The van der Waals surface area contributed by atoms with Crippen molar-refractivity contribution in [2.75, 3.05) is 11.5 Å². The van der Waals surface area contributed by atoms with E-state index in [0.717, 1.165) is 21.6 Å². The maximum Gasteiger partial charge on any atom is 0.335 e. The number of halogens is 2. The first-order valence-corrected chi connectivity index (χ1v) is 12.3. The molecule has 37 heavy (non-hydrogen) atoms. The highest BCUT2D eigenvalue weighted by Gasteiger charge is 2.37. The van der Waals surface area contributed by atoms with Crippen LogP contribution in [0, 0.1) is 13.8 Å². The van der Waals surface area contributed by atoms with E-state index >= 15 is 0 Å². The number of carbonyl (C=O) groups excluding carboxylic acids is 3. The molecule has 4 rings (SSSR count). The Kier molecular flexibility index (Phi) is 7.86. The highest BCUT2D eigenvalue weighted by molar-refractivity contribution is 6.42. The largest absolute Gasteiger partial charge is 0.490 e. The number of nitrogens with one attached hydrogen (secondary N) is 1. The number of imide groups is 2. The number of barbiturate groups is 1. The molecule has 1 fully saturated rings. The zero-order valence-electron chi connectivity index (χ0n) is 20.4. The Bertz CT molecular complexity index is 1430. The molecule has 0 spiro atoms. The van der Waals surface area contributed by atoms with Gasteiger partial charge in [0.25, 0.3) is 11.8 Å². The molecule has 1 saturated heterocycles. The van der Waals surface area contributed by atoms with E-state index in [1.807, 2.05) is 32.0 Å². The van der Waals surface area contributed by atoms with Crippen molar-refractivity contribution in [3.05, 3.63) is 92.5 Å². The molecule has 0 atom stereocenters. The first-order chi connectivity index (χ1) is 17.7. The van der Waals surface area contributed by atoms with Crippen molar-refractivity contribution in [2.45, 2.75) is 27.4 Å². The summed E-state index contributed by atoms with van der Waals surface area (Å²) >= 11 is 12.1. The van der Waals surface area contributed by atoms with Crippen molar-refractivity contribution in [1.29, 1.82) is 0 Å². The molecule has 3 aromatic carbocycles. The van der Waals surface area contributed by atoms with Crippen molar-refractivity contribution in [2.24, 2.45) is 0 Å². The highest BCUT2D eigenvalue weighted by atomic mass is 35.5. The maximum atomic E-state index is 13.3. The van der Waals surface area contributed by atoms with Gasteiger partial charge in [0.05, 0.1) is 22.3 Å². The topological polar surface area (TPSA) is 84.9 Å². The van der Waals surface area contributed by atoms with E-state index in [9.17, 15) is 14.4 Å². The molecule has 0 aliphatic carbocycles. The number of benzene rings is 3. The molecule has 0 bridgehead atoms. The Balaban J connectivity index is 1.63. The molecule has 7 nitrogen and oxygen atoms in total. The van der Waals surface area contributed by atoms with E-state index in [0.29, 0.717) is 39.4 Å². The predicted molar refractivity (Wildman–Crippen MR) is 143 cm³/mol. The number of hydrogen-bond donors (Lipinski definition) is 1. The summed E-state index contributed by atoms with van der Waals surface area (Å²) < 4.78 is 11.7. The summed E-state index contributed by atoms with van der Waals surface area (Å²) in [4.78, 5) is 39.5. The molecule has 1 N–H and O–H groups in total. The predicted octanol–water partition coefficient (Wildman–Crippen LogP) is 6.25. The molecule has 4 amide bonds. The fourth-order valence-electron chi connectivity index (χ4n) is 3.80. The molecule has 0 saturated carbocycles. The SMILES string of the molecule is CCOc1cc(/C=C2\C(=O)NC(=O)N(c3cc(C)ccc3C)C2=O)ccc1OCc1ccc(Cl)c(Cl)c1. The second-order valence-corrected chi connectivity index (χ2v) is 9.24. The third-order valence-electron chi connectivity index (χ3n) is 5.66. The molecule has 1 aliphatic heterocycles. The summed E-state index contributed by atoms with van der Waals surface area (Å²) in [5, 5.41) is 3.14. The summed E-state index contributed by atoms with van der Waals surface area (Å²) in [5.41, 5.74) is 3.20. The number of ether oxygens (including phenoxy) is 2. The van der Waals surface area contributed by atoms with Crippen LogP contribution in [0.4, 0.5) is 10.5 Å². The van der Waals surface area contributed by atoms with Crippen LogP contribution in [0.3, 0.4) is 0 Å². The average molecular weight is 539 g/mol. The Hall–Kier alpha value is -3.81. The molecule has 0 radical (unpaired) electrons. The molecular formula is C28H24Cl2N2O5. The van der Waals surface area contributed by atoms with Gasteiger partial charge in [-0.3, -0.25) is 14.9 Å². The van der Waals surface area contributed by atoms with E-state index in [1.54, 1.807) is 43.3 Å². The number of nitrogens with zero attached hydrogens (tertiary/aromatic N) is 1. The van der Waals surface area contributed by atoms with Gasteiger partial charge < -0.3 is 9.47 Å². The third kappa shape index (κ3) is 5.79. The van der Waals surface area contributed by atoms with Gasteiger partial charge in [-0.05, 0) is 79.4 Å². The van der Waals surface area contributed by atoms with Crippen molar-refractivity contribution in [1.82, 2.24) is 5.32 Å². The van der Waals surface area contributed by atoms with Crippen molar-refractivity contribution in [3.8, 4) is 11.5 Å². The van der Waals surface area contributed by atoms with Crippen LogP contribution in [-0.4, -0.2) is 24.5 Å². The van der Waals surface area contributed by atoms with Crippen LogP contribution >= 0.6 is 23.2 Å². The quantitative estimate of drug-likeness (QED) is 0.283. The second-order valence-electron chi connectivity index (χ2n) is 8.42. The van der Waals surface area contributed by atoms with Crippen LogP contribution < -0.4 is 19.7 Å². The van der Waals surface area contributed by atoms with Crippen LogP contribution in [0.15, 0.2) is 60.2 Å². The monoisotopic (exact) mass is 538 g/mol. The van der Waals surface area contributed by atoms with Crippen molar-refractivity contribution in [3.63, 3.8) is 0 Å². The first-order valence-electron chi connectivity index (χ1n) is 11.5. The van der Waals surface area contributed by atoms with Gasteiger partial charge in [-0.15, -0.1) is 0 Å². The van der Waals surface area contributed by atoms with E-state index in [2.05, 4.69) is 5.32 Å². The second kappa shape index (κ2) is 11.1. The zero-order valence-corrected chi connectivity index (χ0v) is 21.9. The van der Waals surface area contributed by atoms with Crippen LogP contribution in [0.25, 0.3) is 6.08 Å². The Morgan fingerprint density at radius 3 is 2.41 bits per heavy atom. The average Bonchev–Trinajstić information content (AvgIpc) is 2.85. The van der Waals surface area contributed by atoms with E-state index in [4.69, 9.17) is 32.7 Å². The summed E-state index contributed by atoms with van der Waals surface area (Å²) in [7, 11) is 0. The minimum atomic E-state index is -0.790. The normalized spacial score (nSPS) is 14.7. The molecule has 0 aromatic heterocycles. The van der Waals surface area contributed by atoms with Gasteiger partial charge in [0.1, 0.15) is 12.2 Å². The highest BCUT2D eigenvalue weighted by Crippen LogP contribution is 2.32. The van der Waals surface area contributed by atoms with Crippen molar-refractivity contribution < 1.29 is 23.9 Å². The third-order valence-corrected chi connectivity index (χ3v) is 6.40. The van der Waals surface area contributed by atoms with Gasteiger partial charge >= 0.3 is 6.03 Å². The molecule has 190 valence electrons. The van der Waals surface area contributed by atoms with Gasteiger partial charge in [-0.2, -0.15) is 0 Å². The van der Waals surface area contributed by atoms with Crippen molar-refractivity contribution >= 4 is 52.8 Å². The standard InChI is InChI=1S/C28H24Cl2N2O5/c1-4-36-25-14-18(8-10-24(25)37-15-19-7-9-21(29)22(30)13-19)12-20-26(33)31-28(35)32(27(20)34)23-11-16(2)5-6-17(23)3/h5-14H,4,15H2,1-3H3,(H,31,33,35)/b20-12+. The number of aryl methyl sites for hydroxylation is 2. The molecule has 1 heterocycles. The smallest absolute Gasteiger partial charge is 0.335 e. The van der Waals surface area contributed by atoms with Gasteiger partial charge in [0.15, 0.2) is 11.5 Å². The first kappa shape index (κ1) is 26.3. The van der Waals surface area contributed by atoms with Gasteiger partial charge in [0.2, 0.25) is 0 Å². The molecule has 0 unspecified atom stereocenters. The van der Waals surface area contributed by atoms with Crippen LogP contribution in [-0.2, 0) is 16.2 Å². The fraction of sp³-hybridized carbons (Fsp3) is 0.179. The fourth-order valence-corrected chi connectivity index (χ4v) is 4.12. The maximum absolute atomic E-state index is 13.3.